The van der Waals surface area contributed by atoms with Crippen molar-refractivity contribution in [3.05, 3.63) is 60.2 Å². The summed E-state index contributed by atoms with van der Waals surface area (Å²) in [6.07, 6.45) is 10.4. The molecule has 4 rings (SSSR count). The van der Waals surface area contributed by atoms with E-state index in [0.29, 0.717) is 5.92 Å². The van der Waals surface area contributed by atoms with Crippen LogP contribution in [0.5, 0.6) is 0 Å². The number of carbonyl (C=O) groups is 1. The number of H-pyrrole nitrogens is 1. The highest BCUT2D eigenvalue weighted by Gasteiger charge is 2.24. The molecular weight excluding hydrogens is 300 g/mol. The van der Waals surface area contributed by atoms with Gasteiger partial charge in [0.15, 0.2) is 0 Å². The Morgan fingerprint density at radius 1 is 1.29 bits per heavy atom. The molecule has 1 saturated heterocycles. The van der Waals surface area contributed by atoms with Crippen LogP contribution in [0.3, 0.4) is 0 Å². The average Bonchev–Trinajstić information content (AvgIpc) is 3.10. The fraction of sp³-hybridized carbons (Fsp3) is 0.316. The van der Waals surface area contributed by atoms with Gasteiger partial charge < -0.3 is 9.88 Å². The largest absolute Gasteiger partial charge is 0.346 e. The summed E-state index contributed by atoms with van der Waals surface area (Å²) in [6, 6.07) is 7.82. The van der Waals surface area contributed by atoms with Crippen molar-refractivity contribution >= 4 is 16.9 Å². The molecule has 5 nitrogen and oxygen atoms in total. The van der Waals surface area contributed by atoms with Gasteiger partial charge in [-0.25, -0.2) is 4.98 Å². The van der Waals surface area contributed by atoms with Gasteiger partial charge >= 0.3 is 0 Å². The summed E-state index contributed by atoms with van der Waals surface area (Å²) in [5.74, 6) is 0.601. The van der Waals surface area contributed by atoms with Crippen molar-refractivity contribution < 1.29 is 4.79 Å². The Bertz CT molecular complexity index is 843. The third-order valence-electron chi connectivity index (χ3n) is 4.71. The molecule has 1 N–H and O–H groups in total. The van der Waals surface area contributed by atoms with Crippen LogP contribution < -0.4 is 0 Å². The van der Waals surface area contributed by atoms with Crippen LogP contribution in [0.1, 0.15) is 28.8 Å². The topological polar surface area (TPSA) is 61.9 Å². The van der Waals surface area contributed by atoms with Crippen LogP contribution >= 0.6 is 0 Å². The zero-order chi connectivity index (χ0) is 16.4. The highest BCUT2D eigenvalue weighted by Crippen LogP contribution is 2.23. The molecule has 0 unspecified atom stereocenters. The van der Waals surface area contributed by atoms with Gasteiger partial charge in [-0.1, -0.05) is 0 Å². The Kier molecular flexibility index (Phi) is 3.99. The lowest BCUT2D eigenvalue weighted by Crippen LogP contribution is -2.40. The molecule has 1 amide bonds. The number of hydrogen-bond acceptors (Lipinski definition) is 3. The zero-order valence-corrected chi connectivity index (χ0v) is 13.5. The van der Waals surface area contributed by atoms with Crippen LogP contribution in [0.15, 0.2) is 49.1 Å². The van der Waals surface area contributed by atoms with Gasteiger partial charge in [0.05, 0.1) is 0 Å². The third kappa shape index (κ3) is 3.02. The number of hydrogen-bond donors (Lipinski definition) is 1. The minimum absolute atomic E-state index is 0.112. The second kappa shape index (κ2) is 6.43. The monoisotopic (exact) mass is 320 g/mol. The van der Waals surface area contributed by atoms with E-state index in [-0.39, 0.29) is 5.91 Å². The number of aromatic amines is 1. The molecule has 0 saturated carbocycles. The maximum atomic E-state index is 12.6. The van der Waals surface area contributed by atoms with Gasteiger partial charge in [0.25, 0.3) is 5.91 Å². The van der Waals surface area contributed by atoms with E-state index in [1.54, 1.807) is 24.5 Å². The van der Waals surface area contributed by atoms with Crippen molar-refractivity contribution in [2.24, 2.45) is 5.92 Å². The summed E-state index contributed by atoms with van der Waals surface area (Å²) in [6.45, 7) is 1.65. The Morgan fingerprint density at radius 3 is 3.04 bits per heavy atom. The number of amides is 1. The van der Waals surface area contributed by atoms with E-state index in [0.717, 1.165) is 48.9 Å². The molecule has 0 spiro atoms. The SMILES string of the molecule is O=C(c1ccncc1)N1CCC[C@H](Cc2cnc3[nH]ccc3c2)C1. The third-order valence-corrected chi connectivity index (χ3v) is 4.71. The lowest BCUT2D eigenvalue weighted by molar-refractivity contribution is 0.0673. The number of aromatic nitrogens is 3. The van der Waals surface area contributed by atoms with Gasteiger partial charge in [0, 0.05) is 48.8 Å². The second-order valence-electron chi connectivity index (χ2n) is 6.46. The fourth-order valence-corrected chi connectivity index (χ4v) is 3.52. The highest BCUT2D eigenvalue weighted by atomic mass is 16.2. The summed E-state index contributed by atoms with van der Waals surface area (Å²) in [5, 5.41) is 1.15. The van der Waals surface area contributed by atoms with E-state index >= 15 is 0 Å². The number of nitrogens with one attached hydrogen (secondary N) is 1. The van der Waals surface area contributed by atoms with Crippen molar-refractivity contribution in [3.8, 4) is 0 Å². The van der Waals surface area contributed by atoms with E-state index in [2.05, 4.69) is 21.0 Å². The van der Waals surface area contributed by atoms with Crippen LogP contribution in [0.2, 0.25) is 0 Å². The number of pyridine rings is 2. The standard InChI is InChI=1S/C19H20N4O/c24-19(16-3-6-20-7-4-16)23-9-1-2-14(13-23)10-15-11-17-5-8-21-18(17)22-12-15/h3-8,11-12,14H,1-2,9-10,13H2,(H,21,22)/t14-/m1/s1. The molecule has 24 heavy (non-hydrogen) atoms. The second-order valence-corrected chi connectivity index (χ2v) is 6.46. The van der Waals surface area contributed by atoms with Crippen LogP contribution in [0.4, 0.5) is 0 Å². The fourth-order valence-electron chi connectivity index (χ4n) is 3.52. The molecule has 0 aliphatic carbocycles. The van der Waals surface area contributed by atoms with Crippen molar-refractivity contribution in [1.29, 1.82) is 0 Å². The Hall–Kier alpha value is -2.69. The molecule has 5 heteroatoms. The highest BCUT2D eigenvalue weighted by molar-refractivity contribution is 5.94. The van der Waals surface area contributed by atoms with Crippen LogP contribution in [-0.4, -0.2) is 38.8 Å². The van der Waals surface area contributed by atoms with E-state index in [9.17, 15) is 4.79 Å². The first-order chi connectivity index (χ1) is 11.8. The quantitative estimate of drug-likeness (QED) is 0.807. The maximum Gasteiger partial charge on any atom is 0.253 e. The number of likely N-dealkylation sites (tertiary alicyclic amines) is 1. The van der Waals surface area contributed by atoms with E-state index in [1.165, 1.54) is 5.56 Å². The van der Waals surface area contributed by atoms with Crippen LogP contribution in [0.25, 0.3) is 11.0 Å². The van der Waals surface area contributed by atoms with Gasteiger partial charge in [0.1, 0.15) is 5.65 Å². The van der Waals surface area contributed by atoms with Gasteiger partial charge in [-0.3, -0.25) is 9.78 Å². The smallest absolute Gasteiger partial charge is 0.253 e. The zero-order valence-electron chi connectivity index (χ0n) is 13.5. The van der Waals surface area contributed by atoms with Gasteiger partial charge in [-0.05, 0) is 55.0 Å². The first kappa shape index (κ1) is 14.9. The predicted octanol–water partition coefficient (Wildman–Crippen LogP) is 3.05. The summed E-state index contributed by atoms with van der Waals surface area (Å²) in [5.41, 5.74) is 2.89. The van der Waals surface area contributed by atoms with Crippen LogP contribution in [0, 0.1) is 5.92 Å². The number of rotatable bonds is 3. The molecule has 1 atom stereocenters. The minimum Gasteiger partial charge on any atom is -0.346 e. The predicted molar refractivity (Wildman–Crippen MR) is 92.7 cm³/mol. The molecule has 1 aliphatic rings. The summed E-state index contributed by atoms with van der Waals surface area (Å²) in [4.78, 5) is 26.2. The first-order valence-corrected chi connectivity index (χ1v) is 8.41. The lowest BCUT2D eigenvalue weighted by atomic mass is 9.91. The van der Waals surface area contributed by atoms with Gasteiger partial charge in [-0.15, -0.1) is 0 Å². The molecule has 0 aromatic carbocycles. The number of carbonyl (C=O) groups excluding carboxylic acids is 1. The first-order valence-electron chi connectivity index (χ1n) is 8.41. The normalized spacial score (nSPS) is 18.0. The summed E-state index contributed by atoms with van der Waals surface area (Å²) >= 11 is 0. The summed E-state index contributed by atoms with van der Waals surface area (Å²) < 4.78 is 0. The van der Waals surface area contributed by atoms with Crippen molar-refractivity contribution in [2.45, 2.75) is 19.3 Å². The van der Waals surface area contributed by atoms with Crippen molar-refractivity contribution in [3.63, 3.8) is 0 Å². The number of fused-ring (bicyclic) bond motifs is 1. The Labute approximate surface area is 140 Å². The molecule has 122 valence electrons. The Balaban J connectivity index is 1.45. The molecule has 0 bridgehead atoms. The lowest BCUT2D eigenvalue weighted by Gasteiger charge is -2.33. The minimum atomic E-state index is 0.112. The van der Waals surface area contributed by atoms with E-state index < -0.39 is 0 Å². The van der Waals surface area contributed by atoms with E-state index in [4.69, 9.17) is 0 Å². The Morgan fingerprint density at radius 2 is 2.17 bits per heavy atom. The number of nitrogens with zero attached hydrogens (tertiary/aromatic N) is 3. The molecule has 3 aromatic rings. The van der Waals surface area contributed by atoms with Crippen molar-refractivity contribution in [2.75, 3.05) is 13.1 Å². The van der Waals surface area contributed by atoms with Gasteiger partial charge in [-0.2, -0.15) is 0 Å². The molecule has 1 fully saturated rings. The molecule has 0 radical (unpaired) electrons. The van der Waals surface area contributed by atoms with Crippen molar-refractivity contribution in [1.82, 2.24) is 19.9 Å². The average molecular weight is 320 g/mol. The summed E-state index contributed by atoms with van der Waals surface area (Å²) in [7, 11) is 0. The molecule has 4 heterocycles. The number of piperidine rings is 1. The molecular formula is C19H20N4O. The van der Waals surface area contributed by atoms with Crippen LogP contribution in [-0.2, 0) is 6.42 Å². The molecule has 3 aromatic heterocycles. The van der Waals surface area contributed by atoms with E-state index in [1.807, 2.05) is 23.4 Å². The molecule has 1 aliphatic heterocycles. The van der Waals surface area contributed by atoms with Gasteiger partial charge in [0.2, 0.25) is 0 Å². The maximum absolute atomic E-state index is 12.6.